The maximum Gasteiger partial charge on any atom is 0.269 e. The molecule has 2 atom stereocenters. The van der Waals surface area contributed by atoms with Crippen molar-refractivity contribution >= 4 is 22.9 Å². The van der Waals surface area contributed by atoms with Crippen LogP contribution in [0.4, 0.5) is 8.78 Å². The van der Waals surface area contributed by atoms with Crippen LogP contribution in [0.15, 0.2) is 36.7 Å². The second kappa shape index (κ2) is 6.69. The van der Waals surface area contributed by atoms with E-state index in [0.717, 1.165) is 21.8 Å². The average Bonchev–Trinajstić information content (AvgIpc) is 3.21. The van der Waals surface area contributed by atoms with Gasteiger partial charge in [0.25, 0.3) is 11.8 Å². The number of hydrogen-bond donors (Lipinski definition) is 2. The summed E-state index contributed by atoms with van der Waals surface area (Å²) in [5.41, 5.74) is 8.38. The number of carbonyl (C=O) groups excluding carboxylic acids is 1. The smallest absolute Gasteiger partial charge is 0.269 e. The van der Waals surface area contributed by atoms with E-state index in [1.165, 1.54) is 11.3 Å². The molecule has 142 valence electrons. The second-order valence-electron chi connectivity index (χ2n) is 6.92. The van der Waals surface area contributed by atoms with E-state index in [2.05, 4.69) is 10.3 Å². The molecular weight excluding hydrogens is 370 g/mol. The number of imidazole rings is 1. The molecule has 0 spiro atoms. The average molecular weight is 390 g/mol. The summed E-state index contributed by atoms with van der Waals surface area (Å²) in [6.45, 7) is 1.90. The van der Waals surface area contributed by atoms with Gasteiger partial charge in [0.05, 0.1) is 16.8 Å². The van der Waals surface area contributed by atoms with Crippen molar-refractivity contribution in [2.45, 2.75) is 44.2 Å². The minimum absolute atomic E-state index is 0.248. The van der Waals surface area contributed by atoms with Crippen LogP contribution in [0.25, 0.3) is 16.9 Å². The summed E-state index contributed by atoms with van der Waals surface area (Å²) >= 11 is 1.28. The van der Waals surface area contributed by atoms with Crippen LogP contribution in [0.5, 0.6) is 0 Å². The molecule has 8 heteroatoms. The Bertz CT molecular complexity index is 997. The first kappa shape index (κ1) is 18.1. The Morgan fingerprint density at radius 3 is 3.04 bits per heavy atom. The molecule has 0 aromatic carbocycles. The number of halogens is 2. The van der Waals surface area contributed by atoms with E-state index in [1.54, 1.807) is 12.3 Å². The Labute approximate surface area is 159 Å². The lowest BCUT2D eigenvalue weighted by Crippen LogP contribution is -2.59. The number of aryl methyl sites for hydroxylation is 1. The van der Waals surface area contributed by atoms with Gasteiger partial charge in [-0.05, 0) is 38.0 Å². The number of nitrogens with two attached hydrogens (primary N) is 1. The van der Waals surface area contributed by atoms with Crippen molar-refractivity contribution in [3.05, 3.63) is 46.4 Å². The highest BCUT2D eigenvalue weighted by Crippen LogP contribution is 2.35. The zero-order valence-electron chi connectivity index (χ0n) is 14.8. The van der Waals surface area contributed by atoms with Gasteiger partial charge in [-0.3, -0.25) is 9.20 Å². The summed E-state index contributed by atoms with van der Waals surface area (Å²) in [4.78, 5) is 18.3. The number of thiophene rings is 1. The minimum Gasteiger partial charge on any atom is -0.341 e. The standard InChI is InChI=1S/C19H20F2N4OS/c1-11-12(14-10-23-16-6-2-3-8-25(14)16)9-15(27-11)18(26)24-17-13(22)5-4-7-19(17,20)21/h2-3,6,8-10,13,17H,4-5,7,22H2,1H3,(H,24,26). The van der Waals surface area contributed by atoms with Gasteiger partial charge in [-0.15, -0.1) is 11.3 Å². The highest BCUT2D eigenvalue weighted by Gasteiger charge is 2.46. The topological polar surface area (TPSA) is 72.4 Å². The van der Waals surface area contributed by atoms with Gasteiger partial charge < -0.3 is 11.1 Å². The van der Waals surface area contributed by atoms with E-state index in [4.69, 9.17) is 5.73 Å². The minimum atomic E-state index is -2.98. The van der Waals surface area contributed by atoms with Crippen LogP contribution in [0.3, 0.4) is 0 Å². The molecule has 0 aliphatic heterocycles. The lowest BCUT2D eigenvalue weighted by molar-refractivity contribution is -0.0674. The van der Waals surface area contributed by atoms with Crippen molar-refractivity contribution in [2.24, 2.45) is 5.73 Å². The number of nitrogens with zero attached hydrogens (tertiary/aromatic N) is 2. The molecule has 0 saturated heterocycles. The molecule has 0 radical (unpaired) electrons. The van der Waals surface area contributed by atoms with Crippen LogP contribution in [0, 0.1) is 6.92 Å². The van der Waals surface area contributed by atoms with Crippen molar-refractivity contribution in [1.82, 2.24) is 14.7 Å². The molecule has 1 saturated carbocycles. The molecule has 3 N–H and O–H groups in total. The monoisotopic (exact) mass is 390 g/mol. The number of amides is 1. The number of fused-ring (bicyclic) bond motifs is 1. The fourth-order valence-electron chi connectivity index (χ4n) is 3.61. The van der Waals surface area contributed by atoms with Crippen molar-refractivity contribution in [3.63, 3.8) is 0 Å². The third-order valence-corrected chi connectivity index (χ3v) is 6.10. The van der Waals surface area contributed by atoms with Gasteiger partial charge in [0.15, 0.2) is 0 Å². The third kappa shape index (κ3) is 3.23. The molecule has 1 aliphatic rings. The maximum absolute atomic E-state index is 14.2. The molecule has 0 bridgehead atoms. The highest BCUT2D eigenvalue weighted by atomic mass is 32.1. The molecule has 3 heterocycles. The molecule has 2 unspecified atom stereocenters. The van der Waals surface area contributed by atoms with Crippen LogP contribution in [0.1, 0.15) is 33.8 Å². The highest BCUT2D eigenvalue weighted by molar-refractivity contribution is 7.14. The molecule has 3 aromatic rings. The lowest BCUT2D eigenvalue weighted by atomic mass is 9.87. The number of hydrogen-bond acceptors (Lipinski definition) is 4. The van der Waals surface area contributed by atoms with Crippen LogP contribution in [0.2, 0.25) is 0 Å². The summed E-state index contributed by atoms with van der Waals surface area (Å²) in [6, 6.07) is 5.36. The SMILES string of the molecule is Cc1sc(C(=O)NC2C(N)CCCC2(F)F)cc1-c1cnc2ccccn12. The molecule has 1 aliphatic carbocycles. The van der Waals surface area contributed by atoms with Crippen molar-refractivity contribution in [2.75, 3.05) is 0 Å². The van der Waals surface area contributed by atoms with Crippen LogP contribution >= 0.6 is 11.3 Å². The van der Waals surface area contributed by atoms with E-state index in [0.29, 0.717) is 17.7 Å². The number of nitrogens with one attached hydrogen (secondary N) is 1. The summed E-state index contributed by atoms with van der Waals surface area (Å²) < 4.78 is 30.3. The zero-order chi connectivity index (χ0) is 19.2. The van der Waals surface area contributed by atoms with E-state index in [-0.39, 0.29) is 6.42 Å². The van der Waals surface area contributed by atoms with Gasteiger partial charge >= 0.3 is 0 Å². The van der Waals surface area contributed by atoms with Gasteiger partial charge in [-0.1, -0.05) is 6.07 Å². The predicted molar refractivity (Wildman–Crippen MR) is 101 cm³/mol. The summed E-state index contributed by atoms with van der Waals surface area (Å²) in [5, 5.41) is 2.47. The summed E-state index contributed by atoms with van der Waals surface area (Å²) in [7, 11) is 0. The molecule has 1 fully saturated rings. The third-order valence-electron chi connectivity index (χ3n) is 5.05. The van der Waals surface area contributed by atoms with Crippen LogP contribution in [-0.4, -0.2) is 33.3 Å². The normalized spacial score (nSPS) is 22.1. The maximum atomic E-state index is 14.2. The number of rotatable bonds is 3. The van der Waals surface area contributed by atoms with Gasteiger partial charge in [-0.25, -0.2) is 13.8 Å². The van der Waals surface area contributed by atoms with E-state index < -0.39 is 23.9 Å². The fraction of sp³-hybridized carbons (Fsp3) is 0.368. The Balaban J connectivity index is 1.62. The van der Waals surface area contributed by atoms with E-state index >= 15 is 0 Å². The number of aromatic nitrogens is 2. The Kier molecular flexibility index (Phi) is 4.47. The molecule has 27 heavy (non-hydrogen) atoms. The number of pyridine rings is 1. The first-order valence-electron chi connectivity index (χ1n) is 8.84. The molecule has 3 aromatic heterocycles. The lowest BCUT2D eigenvalue weighted by Gasteiger charge is -2.36. The zero-order valence-corrected chi connectivity index (χ0v) is 15.6. The van der Waals surface area contributed by atoms with E-state index in [9.17, 15) is 13.6 Å². The number of carbonyl (C=O) groups is 1. The summed E-state index contributed by atoms with van der Waals surface area (Å²) in [6.07, 6.45) is 4.25. The Morgan fingerprint density at radius 1 is 1.44 bits per heavy atom. The Hall–Kier alpha value is -2.32. The van der Waals surface area contributed by atoms with Crippen LogP contribution < -0.4 is 11.1 Å². The van der Waals surface area contributed by atoms with Crippen molar-refractivity contribution in [3.8, 4) is 11.3 Å². The van der Waals surface area contributed by atoms with Crippen molar-refractivity contribution in [1.29, 1.82) is 0 Å². The van der Waals surface area contributed by atoms with Crippen molar-refractivity contribution < 1.29 is 13.6 Å². The largest absolute Gasteiger partial charge is 0.341 e. The summed E-state index contributed by atoms with van der Waals surface area (Å²) in [5.74, 6) is -3.49. The first-order valence-corrected chi connectivity index (χ1v) is 9.65. The predicted octanol–water partition coefficient (Wildman–Crippen LogP) is 3.62. The van der Waals surface area contributed by atoms with E-state index in [1.807, 2.05) is 35.7 Å². The molecule has 1 amide bonds. The van der Waals surface area contributed by atoms with Gasteiger partial charge in [0, 0.05) is 29.1 Å². The molecule has 4 rings (SSSR count). The fourth-order valence-corrected chi connectivity index (χ4v) is 4.55. The number of alkyl halides is 2. The Morgan fingerprint density at radius 2 is 2.26 bits per heavy atom. The first-order chi connectivity index (χ1) is 12.9. The molecular formula is C19H20F2N4OS. The van der Waals surface area contributed by atoms with Gasteiger partial charge in [-0.2, -0.15) is 0 Å². The van der Waals surface area contributed by atoms with Gasteiger partial charge in [0.2, 0.25) is 0 Å². The van der Waals surface area contributed by atoms with Crippen LogP contribution in [-0.2, 0) is 0 Å². The molecule has 5 nitrogen and oxygen atoms in total. The quantitative estimate of drug-likeness (QED) is 0.718. The second-order valence-corrected chi connectivity index (χ2v) is 8.18. The van der Waals surface area contributed by atoms with Gasteiger partial charge in [0.1, 0.15) is 11.7 Å².